The van der Waals surface area contributed by atoms with Crippen molar-refractivity contribution in [2.24, 2.45) is 0 Å². The van der Waals surface area contributed by atoms with Gasteiger partial charge in [0.05, 0.1) is 20.8 Å². The van der Waals surface area contributed by atoms with Gasteiger partial charge in [-0.25, -0.2) is 0 Å². The van der Waals surface area contributed by atoms with Crippen LogP contribution in [0.1, 0.15) is 28.3 Å². The van der Waals surface area contributed by atoms with Crippen LogP contribution in [-0.4, -0.2) is 20.8 Å². The number of hydrogen-bond donors (Lipinski definition) is 1. The van der Waals surface area contributed by atoms with Crippen LogP contribution in [0.3, 0.4) is 0 Å². The zero-order chi connectivity index (χ0) is 20.4. The molecule has 3 nitrogen and oxygen atoms in total. The summed E-state index contributed by atoms with van der Waals surface area (Å²) in [5, 5.41) is 0.761. The number of quaternary nitrogens is 1. The zero-order valence-electron chi connectivity index (χ0n) is 16.5. The van der Waals surface area contributed by atoms with Gasteiger partial charge < -0.3 is 14.4 Å². The predicted molar refractivity (Wildman–Crippen MR) is 120 cm³/mol. The Morgan fingerprint density at radius 1 is 1.00 bits per heavy atom. The first kappa shape index (κ1) is 20.3. The molecule has 150 valence electrons. The first-order valence-electron chi connectivity index (χ1n) is 9.68. The summed E-state index contributed by atoms with van der Waals surface area (Å²) in [4.78, 5) is 1.49. The second-order valence-electron chi connectivity index (χ2n) is 7.36. The Kier molecular flexibility index (Phi) is 6.14. The van der Waals surface area contributed by atoms with Crippen molar-refractivity contribution < 1.29 is 14.4 Å². The Balaban J connectivity index is 1.80. The van der Waals surface area contributed by atoms with Crippen LogP contribution in [-0.2, 0) is 13.0 Å². The minimum absolute atomic E-state index is 0.177. The molecule has 29 heavy (non-hydrogen) atoms. The molecule has 1 aliphatic rings. The predicted octanol–water partition coefficient (Wildman–Crippen LogP) is 4.85. The van der Waals surface area contributed by atoms with E-state index in [1.807, 2.05) is 12.1 Å². The van der Waals surface area contributed by atoms with Crippen LogP contribution in [0.4, 0.5) is 0 Å². The maximum absolute atomic E-state index is 6.37. The van der Waals surface area contributed by atoms with E-state index in [0.29, 0.717) is 0 Å². The van der Waals surface area contributed by atoms with E-state index in [-0.39, 0.29) is 6.04 Å². The summed E-state index contributed by atoms with van der Waals surface area (Å²) in [5.74, 6) is 1.55. The third kappa shape index (κ3) is 4.30. The number of halogens is 2. The van der Waals surface area contributed by atoms with Crippen LogP contribution in [0, 0.1) is 0 Å². The summed E-state index contributed by atoms with van der Waals surface area (Å²) in [6, 6.07) is 21.2. The lowest BCUT2D eigenvalue weighted by Crippen LogP contribution is -3.12. The maximum atomic E-state index is 6.37. The molecular weight excluding hydrogens is 450 g/mol. The second-order valence-corrected chi connectivity index (χ2v) is 8.71. The highest BCUT2D eigenvalue weighted by Crippen LogP contribution is 2.36. The molecule has 1 aliphatic heterocycles. The van der Waals surface area contributed by atoms with E-state index in [4.69, 9.17) is 21.1 Å². The molecule has 1 heterocycles. The number of hydrogen-bond acceptors (Lipinski definition) is 2. The summed E-state index contributed by atoms with van der Waals surface area (Å²) in [6.45, 7) is 1.97. The molecule has 0 saturated carbocycles. The quantitative estimate of drug-likeness (QED) is 0.572. The molecule has 0 aromatic heterocycles. The van der Waals surface area contributed by atoms with E-state index in [9.17, 15) is 0 Å². The lowest BCUT2D eigenvalue weighted by Gasteiger charge is -2.35. The highest BCUT2D eigenvalue weighted by atomic mass is 79.9. The highest BCUT2D eigenvalue weighted by Gasteiger charge is 2.34. The van der Waals surface area contributed by atoms with Gasteiger partial charge in [-0.1, -0.05) is 51.8 Å². The summed E-state index contributed by atoms with van der Waals surface area (Å²) < 4.78 is 12.3. The zero-order valence-corrected chi connectivity index (χ0v) is 18.9. The maximum Gasteiger partial charge on any atom is 0.161 e. The number of nitrogens with one attached hydrogen (secondary N) is 1. The van der Waals surface area contributed by atoms with Gasteiger partial charge in [-0.2, -0.15) is 0 Å². The molecule has 0 radical (unpaired) electrons. The molecule has 0 spiro atoms. The molecule has 1 N–H and O–H groups in total. The molecule has 0 fully saturated rings. The number of benzene rings is 3. The van der Waals surface area contributed by atoms with E-state index in [1.54, 1.807) is 14.2 Å². The Morgan fingerprint density at radius 3 is 2.48 bits per heavy atom. The largest absolute Gasteiger partial charge is 0.493 e. The lowest BCUT2D eigenvalue weighted by molar-refractivity contribution is -0.941. The van der Waals surface area contributed by atoms with Crippen molar-refractivity contribution in [2.45, 2.75) is 19.0 Å². The Hall–Kier alpha value is -2.01. The molecule has 0 bridgehead atoms. The van der Waals surface area contributed by atoms with E-state index in [2.05, 4.69) is 64.5 Å². The van der Waals surface area contributed by atoms with Crippen LogP contribution in [0.15, 0.2) is 65.1 Å². The van der Waals surface area contributed by atoms with Crippen molar-refractivity contribution >= 4 is 27.5 Å². The van der Waals surface area contributed by atoms with Crippen LogP contribution in [0.2, 0.25) is 5.02 Å². The van der Waals surface area contributed by atoms with E-state index < -0.39 is 0 Å². The Bertz CT molecular complexity index is 1020. The first-order valence-corrected chi connectivity index (χ1v) is 10.9. The third-order valence-electron chi connectivity index (χ3n) is 5.58. The molecule has 5 heteroatoms. The van der Waals surface area contributed by atoms with Gasteiger partial charge in [0, 0.05) is 32.6 Å². The minimum Gasteiger partial charge on any atom is -0.493 e. The van der Waals surface area contributed by atoms with Gasteiger partial charge in [0.15, 0.2) is 11.5 Å². The van der Waals surface area contributed by atoms with Crippen molar-refractivity contribution in [1.82, 2.24) is 0 Å². The molecule has 3 aromatic carbocycles. The number of methoxy groups -OCH3 is 2. The summed E-state index contributed by atoms with van der Waals surface area (Å²) in [6.07, 6.45) is 0.996. The highest BCUT2D eigenvalue weighted by molar-refractivity contribution is 9.10. The molecular formula is C24H24BrClNO2+. The van der Waals surface area contributed by atoms with Crippen molar-refractivity contribution in [1.29, 1.82) is 0 Å². The average molecular weight is 474 g/mol. The average Bonchev–Trinajstić information content (AvgIpc) is 2.72. The van der Waals surface area contributed by atoms with Gasteiger partial charge >= 0.3 is 0 Å². The summed E-state index contributed by atoms with van der Waals surface area (Å²) in [5.41, 5.74) is 5.12. The van der Waals surface area contributed by atoms with E-state index in [0.717, 1.165) is 40.5 Å². The molecule has 1 unspecified atom stereocenters. The molecule has 0 saturated heterocycles. The molecule has 4 rings (SSSR count). The number of fused-ring (bicyclic) bond motifs is 1. The normalized spacial score (nSPS) is 18.2. The second kappa shape index (κ2) is 8.78. The van der Waals surface area contributed by atoms with Crippen LogP contribution < -0.4 is 14.4 Å². The monoisotopic (exact) mass is 472 g/mol. The molecule has 0 amide bonds. The van der Waals surface area contributed by atoms with Crippen molar-refractivity contribution in [3.8, 4) is 11.5 Å². The smallest absolute Gasteiger partial charge is 0.161 e. The van der Waals surface area contributed by atoms with Gasteiger partial charge in [0.1, 0.15) is 12.6 Å². The molecule has 0 aliphatic carbocycles. The van der Waals surface area contributed by atoms with Crippen LogP contribution in [0.5, 0.6) is 11.5 Å². The van der Waals surface area contributed by atoms with E-state index >= 15 is 0 Å². The number of rotatable bonds is 5. The molecule has 2 atom stereocenters. The fourth-order valence-electron chi connectivity index (χ4n) is 4.28. The molecule has 3 aromatic rings. The standard InChI is InChI=1S/C24H23BrClNO2/c1-28-22-13-17-9-10-27(15-16-5-3-7-19(25)11-16)24(21(17)14-23(22)29-2)18-6-4-8-20(26)12-18/h3-8,11-14,24H,9-10,15H2,1-2H3/p+1/t24-/m0/s1. The van der Waals surface area contributed by atoms with Gasteiger partial charge in [-0.05, 0) is 42.0 Å². The van der Waals surface area contributed by atoms with Gasteiger partial charge in [-0.15, -0.1) is 0 Å². The summed E-state index contributed by atoms with van der Waals surface area (Å²) >= 11 is 9.97. The van der Waals surface area contributed by atoms with Gasteiger partial charge in [-0.3, -0.25) is 0 Å². The van der Waals surface area contributed by atoms with Crippen molar-refractivity contribution in [3.05, 3.63) is 92.4 Å². The summed E-state index contributed by atoms with van der Waals surface area (Å²) in [7, 11) is 3.37. The first-order chi connectivity index (χ1) is 14.1. The van der Waals surface area contributed by atoms with E-state index in [1.165, 1.54) is 27.2 Å². The van der Waals surface area contributed by atoms with Gasteiger partial charge in [0.2, 0.25) is 0 Å². The fourth-order valence-corrected chi connectivity index (χ4v) is 4.93. The topological polar surface area (TPSA) is 22.9 Å². The van der Waals surface area contributed by atoms with Crippen LogP contribution >= 0.6 is 27.5 Å². The van der Waals surface area contributed by atoms with Gasteiger partial charge in [0.25, 0.3) is 0 Å². The minimum atomic E-state index is 0.177. The Morgan fingerprint density at radius 2 is 1.76 bits per heavy atom. The number of ether oxygens (including phenoxy) is 2. The SMILES string of the molecule is COc1cc2c(cc1OC)[C@H](c1cccc(Cl)c1)[NH+](Cc1cccc(Br)c1)CC2. The lowest BCUT2D eigenvalue weighted by atomic mass is 9.87. The Labute approximate surface area is 185 Å². The van der Waals surface area contributed by atoms with Crippen molar-refractivity contribution in [3.63, 3.8) is 0 Å². The third-order valence-corrected chi connectivity index (χ3v) is 6.31. The fraction of sp³-hybridized carbons (Fsp3) is 0.250. The van der Waals surface area contributed by atoms with Crippen molar-refractivity contribution in [2.75, 3.05) is 20.8 Å². The van der Waals surface area contributed by atoms with Crippen LogP contribution in [0.25, 0.3) is 0 Å².